The van der Waals surface area contributed by atoms with Gasteiger partial charge in [0.15, 0.2) is 0 Å². The van der Waals surface area contributed by atoms with Gasteiger partial charge in [-0.25, -0.2) is 0 Å². The molecule has 1 atom stereocenters. The minimum absolute atomic E-state index is 0.149. The SMILES string of the molecule is CCn1c(C(=O)N[C@H](C(=O)NCc2ccccc2)c2ccccc2)cc2cc(NC(=O)c3c(-c4ccccc4)cccc3C(F)(F)F)ccc21. The highest BCUT2D eigenvalue weighted by Crippen LogP contribution is 2.37. The number of hydrogen-bond acceptors (Lipinski definition) is 3. The second-order valence-electron chi connectivity index (χ2n) is 11.6. The highest BCUT2D eigenvalue weighted by Gasteiger charge is 2.36. The Balaban J connectivity index is 1.28. The Kier molecular flexibility index (Phi) is 9.80. The van der Waals surface area contributed by atoms with Crippen LogP contribution in [0.2, 0.25) is 0 Å². The summed E-state index contributed by atoms with van der Waals surface area (Å²) in [7, 11) is 0. The van der Waals surface area contributed by atoms with Crippen LogP contribution >= 0.6 is 0 Å². The number of nitrogens with zero attached hydrogens (tertiary/aromatic N) is 1. The van der Waals surface area contributed by atoms with Gasteiger partial charge in [0, 0.05) is 29.7 Å². The van der Waals surface area contributed by atoms with Gasteiger partial charge in [0.05, 0.1) is 11.1 Å². The van der Waals surface area contributed by atoms with Crippen LogP contribution in [0.15, 0.2) is 133 Å². The van der Waals surface area contributed by atoms with Crippen molar-refractivity contribution in [2.24, 2.45) is 0 Å². The van der Waals surface area contributed by atoms with E-state index in [0.717, 1.165) is 11.6 Å². The van der Waals surface area contributed by atoms with Crippen LogP contribution in [0, 0.1) is 0 Å². The van der Waals surface area contributed by atoms with Gasteiger partial charge in [0.1, 0.15) is 11.7 Å². The number of hydrogen-bond donors (Lipinski definition) is 3. The Bertz CT molecular complexity index is 2150. The third-order valence-electron chi connectivity index (χ3n) is 8.37. The number of carbonyl (C=O) groups excluding carboxylic acids is 3. The van der Waals surface area contributed by atoms with Crippen LogP contribution in [-0.2, 0) is 24.1 Å². The molecule has 1 heterocycles. The maximum absolute atomic E-state index is 14.1. The number of amides is 3. The molecule has 3 amide bonds. The third-order valence-corrected chi connectivity index (χ3v) is 8.37. The molecule has 0 saturated heterocycles. The summed E-state index contributed by atoms with van der Waals surface area (Å²) in [5.74, 6) is -1.80. The average molecular weight is 675 g/mol. The van der Waals surface area contributed by atoms with Gasteiger partial charge >= 0.3 is 6.18 Å². The van der Waals surface area contributed by atoms with Crippen molar-refractivity contribution in [2.45, 2.75) is 32.2 Å². The topological polar surface area (TPSA) is 92.2 Å². The van der Waals surface area contributed by atoms with Crippen molar-refractivity contribution in [3.8, 4) is 11.1 Å². The van der Waals surface area contributed by atoms with Gasteiger partial charge in [0.2, 0.25) is 5.91 Å². The molecule has 0 aliphatic rings. The number of benzene rings is 5. The molecule has 7 nitrogen and oxygen atoms in total. The molecule has 0 bridgehead atoms. The van der Waals surface area contributed by atoms with Crippen molar-refractivity contribution in [3.63, 3.8) is 0 Å². The monoisotopic (exact) mass is 674 g/mol. The van der Waals surface area contributed by atoms with Gasteiger partial charge in [-0.05, 0) is 59.5 Å². The lowest BCUT2D eigenvalue weighted by atomic mass is 9.94. The maximum Gasteiger partial charge on any atom is 0.417 e. The van der Waals surface area contributed by atoms with E-state index >= 15 is 0 Å². The van der Waals surface area contributed by atoms with Gasteiger partial charge in [-0.2, -0.15) is 13.2 Å². The molecule has 0 spiro atoms. The second kappa shape index (κ2) is 14.5. The van der Waals surface area contributed by atoms with Crippen LogP contribution in [0.25, 0.3) is 22.0 Å². The number of alkyl halides is 3. The van der Waals surface area contributed by atoms with Crippen LogP contribution < -0.4 is 16.0 Å². The first-order valence-corrected chi connectivity index (χ1v) is 16.0. The first-order valence-electron chi connectivity index (χ1n) is 16.0. The van der Waals surface area contributed by atoms with Crippen LogP contribution in [0.5, 0.6) is 0 Å². The molecule has 0 aliphatic heterocycles. The lowest BCUT2D eigenvalue weighted by molar-refractivity contribution is -0.137. The molecule has 50 heavy (non-hydrogen) atoms. The number of fused-ring (bicyclic) bond motifs is 1. The Morgan fingerprint density at radius 3 is 2.06 bits per heavy atom. The van der Waals surface area contributed by atoms with E-state index in [4.69, 9.17) is 0 Å². The first-order chi connectivity index (χ1) is 24.1. The summed E-state index contributed by atoms with van der Waals surface area (Å²) in [6.07, 6.45) is -4.77. The van der Waals surface area contributed by atoms with E-state index in [0.29, 0.717) is 28.6 Å². The van der Waals surface area contributed by atoms with Gasteiger partial charge < -0.3 is 20.5 Å². The standard InChI is InChI=1S/C40H33F3N4O3/c1-2-47-33-22-21-30(45-38(49)35-31(27-15-8-4-9-16-27)19-12-20-32(35)40(41,42)43)23-29(33)24-34(47)37(48)46-36(28-17-10-5-11-18-28)39(50)44-25-26-13-6-3-7-14-26/h3-24,36H,2,25H2,1H3,(H,44,50)(H,45,49)(H,46,48)/t36-/m0/s1. The van der Waals surface area contributed by atoms with Crippen LogP contribution in [0.4, 0.5) is 18.9 Å². The Labute approximate surface area is 286 Å². The predicted octanol–water partition coefficient (Wildman–Crippen LogP) is 8.39. The predicted molar refractivity (Wildman–Crippen MR) is 187 cm³/mol. The summed E-state index contributed by atoms with van der Waals surface area (Å²) < 4.78 is 44.2. The molecule has 1 aromatic heterocycles. The van der Waals surface area contributed by atoms with Crippen molar-refractivity contribution < 1.29 is 27.6 Å². The zero-order chi connectivity index (χ0) is 35.3. The highest BCUT2D eigenvalue weighted by molar-refractivity contribution is 6.11. The summed E-state index contributed by atoms with van der Waals surface area (Å²) in [6.45, 7) is 2.56. The summed E-state index contributed by atoms with van der Waals surface area (Å²) in [4.78, 5) is 40.8. The summed E-state index contributed by atoms with van der Waals surface area (Å²) in [5.41, 5.74) is 1.78. The smallest absolute Gasteiger partial charge is 0.350 e. The number of halogens is 3. The highest BCUT2D eigenvalue weighted by atomic mass is 19.4. The lowest BCUT2D eigenvalue weighted by Gasteiger charge is -2.19. The number of rotatable bonds is 10. The fraction of sp³-hybridized carbons (Fsp3) is 0.125. The van der Waals surface area contributed by atoms with E-state index in [-0.39, 0.29) is 29.4 Å². The molecule has 6 aromatic rings. The largest absolute Gasteiger partial charge is 0.417 e. The summed E-state index contributed by atoms with van der Waals surface area (Å²) in [6, 6.07) is 35.9. The van der Waals surface area contributed by atoms with Crippen molar-refractivity contribution in [3.05, 3.63) is 161 Å². The second-order valence-corrected chi connectivity index (χ2v) is 11.6. The molecule has 5 aromatic carbocycles. The van der Waals surface area contributed by atoms with E-state index in [1.807, 2.05) is 43.3 Å². The zero-order valence-corrected chi connectivity index (χ0v) is 27.0. The van der Waals surface area contributed by atoms with Gasteiger partial charge in [0.25, 0.3) is 11.8 Å². The van der Waals surface area contributed by atoms with E-state index in [2.05, 4.69) is 16.0 Å². The fourth-order valence-electron chi connectivity index (χ4n) is 6.00. The molecule has 0 aliphatic carbocycles. The minimum atomic E-state index is -4.77. The van der Waals surface area contributed by atoms with Crippen molar-refractivity contribution in [2.75, 3.05) is 5.32 Å². The fourth-order valence-corrected chi connectivity index (χ4v) is 6.00. The number of aromatic nitrogens is 1. The molecule has 0 radical (unpaired) electrons. The third kappa shape index (κ3) is 7.29. The number of aryl methyl sites for hydroxylation is 1. The van der Waals surface area contributed by atoms with Crippen LogP contribution in [-0.4, -0.2) is 22.3 Å². The average Bonchev–Trinajstić information content (AvgIpc) is 3.51. The molecule has 252 valence electrons. The molecule has 3 N–H and O–H groups in total. The van der Waals surface area contributed by atoms with Crippen molar-refractivity contribution in [1.82, 2.24) is 15.2 Å². The van der Waals surface area contributed by atoms with Crippen molar-refractivity contribution in [1.29, 1.82) is 0 Å². The quantitative estimate of drug-likeness (QED) is 0.136. The van der Waals surface area contributed by atoms with Gasteiger partial charge in [-0.15, -0.1) is 0 Å². The number of nitrogens with one attached hydrogen (secondary N) is 3. The Hall–Kier alpha value is -6.16. The van der Waals surface area contributed by atoms with E-state index in [1.54, 1.807) is 83.4 Å². The first kappa shape index (κ1) is 33.7. The Morgan fingerprint density at radius 1 is 0.740 bits per heavy atom. The van der Waals surface area contributed by atoms with Gasteiger partial charge in [-0.3, -0.25) is 14.4 Å². The van der Waals surface area contributed by atoms with Crippen LogP contribution in [0.1, 0.15) is 50.5 Å². The molecular weight excluding hydrogens is 641 g/mol. The molecule has 6 rings (SSSR count). The van der Waals surface area contributed by atoms with E-state index < -0.39 is 35.2 Å². The van der Waals surface area contributed by atoms with E-state index in [1.165, 1.54) is 12.1 Å². The summed E-state index contributed by atoms with van der Waals surface area (Å²) >= 11 is 0. The molecule has 0 unspecified atom stereocenters. The normalized spacial score (nSPS) is 11.9. The number of carbonyl (C=O) groups is 3. The molecular formula is C40H33F3N4O3. The van der Waals surface area contributed by atoms with Gasteiger partial charge in [-0.1, -0.05) is 103 Å². The molecule has 10 heteroatoms. The summed E-state index contributed by atoms with van der Waals surface area (Å²) in [5, 5.41) is 9.01. The zero-order valence-electron chi connectivity index (χ0n) is 27.0. The molecule has 0 saturated carbocycles. The van der Waals surface area contributed by atoms with Crippen molar-refractivity contribution >= 4 is 34.3 Å². The number of anilines is 1. The Morgan fingerprint density at radius 2 is 1.40 bits per heavy atom. The lowest BCUT2D eigenvalue weighted by Crippen LogP contribution is -2.40. The maximum atomic E-state index is 14.1. The van der Waals surface area contributed by atoms with Crippen LogP contribution in [0.3, 0.4) is 0 Å². The molecule has 0 fully saturated rings. The van der Waals surface area contributed by atoms with E-state index in [9.17, 15) is 27.6 Å². The minimum Gasteiger partial charge on any atom is -0.350 e.